The van der Waals surface area contributed by atoms with E-state index in [4.69, 9.17) is 23.8 Å². The highest BCUT2D eigenvalue weighted by Crippen LogP contribution is 2.14. The van der Waals surface area contributed by atoms with Gasteiger partial charge in [0.1, 0.15) is 5.69 Å². The van der Waals surface area contributed by atoms with Gasteiger partial charge in [0.25, 0.3) is 0 Å². The number of benzene rings is 1. The summed E-state index contributed by atoms with van der Waals surface area (Å²) < 4.78 is 1.80. The molecule has 0 bridgehead atoms. The van der Waals surface area contributed by atoms with Gasteiger partial charge in [-0.15, -0.1) is 0 Å². The Balaban J connectivity index is 1.87. The Labute approximate surface area is 135 Å². The van der Waals surface area contributed by atoms with Crippen molar-refractivity contribution in [2.45, 2.75) is 33.4 Å². The summed E-state index contributed by atoms with van der Waals surface area (Å²) in [6.45, 7) is 5.46. The number of halogens is 1. The summed E-state index contributed by atoms with van der Waals surface area (Å²) in [7, 11) is 0. The van der Waals surface area contributed by atoms with Gasteiger partial charge in [-0.1, -0.05) is 30.7 Å². The van der Waals surface area contributed by atoms with Gasteiger partial charge in [-0.2, -0.15) is 5.10 Å². The highest BCUT2D eigenvalue weighted by molar-refractivity contribution is 7.80. The summed E-state index contributed by atoms with van der Waals surface area (Å²) in [6, 6.07) is 8.21. The Morgan fingerprint density at radius 2 is 2.00 bits per heavy atom. The van der Waals surface area contributed by atoms with Crippen molar-refractivity contribution in [3.05, 3.63) is 46.7 Å². The fraction of sp³-hybridized carbons (Fsp3) is 0.333. The molecule has 0 saturated heterocycles. The molecule has 1 aromatic heterocycles. The van der Waals surface area contributed by atoms with Crippen molar-refractivity contribution in [2.75, 3.05) is 5.32 Å². The minimum Gasteiger partial charge on any atom is -0.357 e. The van der Waals surface area contributed by atoms with Crippen LogP contribution >= 0.6 is 23.8 Å². The zero-order chi connectivity index (χ0) is 15.2. The van der Waals surface area contributed by atoms with Crippen LogP contribution in [0.25, 0.3) is 0 Å². The van der Waals surface area contributed by atoms with Gasteiger partial charge in [-0.25, -0.2) is 0 Å². The number of hydrogen-bond acceptors (Lipinski definition) is 2. The normalized spacial score (nSPS) is 10.4. The molecular weight excluding hydrogens is 304 g/mol. The van der Waals surface area contributed by atoms with Crippen molar-refractivity contribution >= 4 is 34.6 Å². The second kappa shape index (κ2) is 7.43. The lowest BCUT2D eigenvalue weighted by Crippen LogP contribution is -2.28. The molecule has 6 heteroatoms. The van der Waals surface area contributed by atoms with Gasteiger partial charge in [-0.3, -0.25) is 4.68 Å². The lowest BCUT2D eigenvalue weighted by molar-refractivity contribution is 0.643. The van der Waals surface area contributed by atoms with Crippen LogP contribution in [0.15, 0.2) is 30.5 Å². The minimum absolute atomic E-state index is 0.505. The van der Waals surface area contributed by atoms with E-state index >= 15 is 0 Å². The Kier molecular flexibility index (Phi) is 5.59. The quantitative estimate of drug-likeness (QED) is 0.825. The summed E-state index contributed by atoms with van der Waals surface area (Å²) in [5, 5.41) is 11.8. The van der Waals surface area contributed by atoms with Crippen LogP contribution in [0.3, 0.4) is 0 Å². The molecule has 2 rings (SSSR count). The maximum atomic E-state index is 6.11. The molecule has 1 aromatic carbocycles. The highest BCUT2D eigenvalue weighted by atomic mass is 35.5. The van der Waals surface area contributed by atoms with Crippen molar-refractivity contribution < 1.29 is 0 Å². The number of thiocarbonyl (C=S) groups is 1. The number of anilines is 1. The fourth-order valence-electron chi connectivity index (χ4n) is 1.88. The van der Waals surface area contributed by atoms with Crippen LogP contribution in [-0.4, -0.2) is 14.9 Å². The molecule has 2 aromatic rings. The first-order valence-electron chi connectivity index (χ1n) is 6.98. The number of aryl methyl sites for hydroxylation is 2. The molecule has 21 heavy (non-hydrogen) atoms. The number of hydrogen-bond donors (Lipinski definition) is 2. The van der Waals surface area contributed by atoms with Crippen LogP contribution < -0.4 is 10.6 Å². The lowest BCUT2D eigenvalue weighted by atomic mass is 10.1. The van der Waals surface area contributed by atoms with E-state index in [2.05, 4.69) is 34.8 Å². The molecule has 1 heterocycles. The van der Waals surface area contributed by atoms with Crippen molar-refractivity contribution in [3.8, 4) is 0 Å². The third-order valence-corrected chi connectivity index (χ3v) is 3.71. The van der Waals surface area contributed by atoms with E-state index in [1.807, 2.05) is 25.3 Å². The SMILES string of the molecule is CCc1ccc(NC(=S)NCc2nn(CC)cc2Cl)cc1. The predicted molar refractivity (Wildman–Crippen MR) is 91.8 cm³/mol. The molecule has 0 amide bonds. The number of nitrogens with one attached hydrogen (secondary N) is 2. The minimum atomic E-state index is 0.505. The molecule has 112 valence electrons. The first-order valence-corrected chi connectivity index (χ1v) is 7.76. The average molecular weight is 323 g/mol. The molecule has 0 aliphatic rings. The van der Waals surface area contributed by atoms with Gasteiger partial charge in [0.2, 0.25) is 0 Å². The molecule has 4 nitrogen and oxygen atoms in total. The Morgan fingerprint density at radius 1 is 1.29 bits per heavy atom. The van der Waals surface area contributed by atoms with E-state index in [0.29, 0.717) is 16.7 Å². The van der Waals surface area contributed by atoms with E-state index < -0.39 is 0 Å². The molecule has 0 unspecified atom stereocenters. The van der Waals surface area contributed by atoms with E-state index in [1.54, 1.807) is 4.68 Å². The second-order valence-electron chi connectivity index (χ2n) is 4.64. The third kappa shape index (κ3) is 4.44. The third-order valence-electron chi connectivity index (χ3n) is 3.15. The van der Waals surface area contributed by atoms with Gasteiger partial charge in [0.15, 0.2) is 5.11 Å². The topological polar surface area (TPSA) is 41.9 Å². The van der Waals surface area contributed by atoms with Crippen LogP contribution in [0.4, 0.5) is 5.69 Å². The lowest BCUT2D eigenvalue weighted by Gasteiger charge is -2.10. The molecule has 0 saturated carbocycles. The second-order valence-corrected chi connectivity index (χ2v) is 5.45. The zero-order valence-electron chi connectivity index (χ0n) is 12.2. The van der Waals surface area contributed by atoms with Gasteiger partial charge >= 0.3 is 0 Å². The highest BCUT2D eigenvalue weighted by Gasteiger charge is 2.06. The number of rotatable bonds is 5. The first kappa shape index (κ1) is 15.8. The fourth-order valence-corrected chi connectivity index (χ4v) is 2.29. The van der Waals surface area contributed by atoms with Crippen LogP contribution in [0.1, 0.15) is 25.1 Å². The van der Waals surface area contributed by atoms with E-state index in [1.165, 1.54) is 5.56 Å². The van der Waals surface area contributed by atoms with Gasteiger partial charge in [0.05, 0.1) is 11.6 Å². The Bertz CT molecular complexity index is 607. The van der Waals surface area contributed by atoms with E-state index in [9.17, 15) is 0 Å². The molecular formula is C15H19ClN4S. The predicted octanol–water partition coefficient (Wildman–Crippen LogP) is 3.61. The molecule has 0 spiro atoms. The van der Waals surface area contributed by atoms with E-state index in [0.717, 1.165) is 24.3 Å². The summed E-state index contributed by atoms with van der Waals surface area (Å²) in [5.41, 5.74) is 3.06. The maximum absolute atomic E-state index is 6.11. The molecule has 2 N–H and O–H groups in total. The summed E-state index contributed by atoms with van der Waals surface area (Å²) in [4.78, 5) is 0. The zero-order valence-corrected chi connectivity index (χ0v) is 13.8. The molecule has 0 radical (unpaired) electrons. The summed E-state index contributed by atoms with van der Waals surface area (Å²) in [5.74, 6) is 0. The summed E-state index contributed by atoms with van der Waals surface area (Å²) in [6.07, 6.45) is 2.85. The van der Waals surface area contributed by atoms with Crippen molar-refractivity contribution in [1.82, 2.24) is 15.1 Å². The largest absolute Gasteiger partial charge is 0.357 e. The smallest absolute Gasteiger partial charge is 0.171 e. The average Bonchev–Trinajstić information content (AvgIpc) is 2.86. The van der Waals surface area contributed by atoms with Crippen LogP contribution in [0.2, 0.25) is 5.02 Å². The van der Waals surface area contributed by atoms with Gasteiger partial charge in [0, 0.05) is 18.4 Å². The number of nitrogens with zero attached hydrogens (tertiary/aromatic N) is 2. The van der Waals surface area contributed by atoms with Crippen molar-refractivity contribution in [2.24, 2.45) is 0 Å². The first-order chi connectivity index (χ1) is 10.1. The maximum Gasteiger partial charge on any atom is 0.171 e. The molecule has 0 atom stereocenters. The monoisotopic (exact) mass is 322 g/mol. The van der Waals surface area contributed by atoms with Crippen LogP contribution in [0.5, 0.6) is 0 Å². The Hall–Kier alpha value is -1.59. The summed E-state index contributed by atoms with van der Waals surface area (Å²) >= 11 is 11.4. The number of aromatic nitrogens is 2. The van der Waals surface area contributed by atoms with Crippen molar-refractivity contribution in [3.63, 3.8) is 0 Å². The van der Waals surface area contributed by atoms with Gasteiger partial charge in [-0.05, 0) is 43.3 Å². The standard InChI is InChI=1S/C15H19ClN4S/c1-3-11-5-7-12(8-6-11)18-15(21)17-9-14-13(16)10-20(4-2)19-14/h5-8,10H,3-4,9H2,1-2H3,(H2,17,18,21). The van der Waals surface area contributed by atoms with Crippen LogP contribution in [-0.2, 0) is 19.5 Å². The van der Waals surface area contributed by atoms with E-state index in [-0.39, 0.29) is 0 Å². The van der Waals surface area contributed by atoms with Crippen molar-refractivity contribution in [1.29, 1.82) is 0 Å². The molecule has 0 aliphatic carbocycles. The van der Waals surface area contributed by atoms with Crippen LogP contribution in [0, 0.1) is 0 Å². The molecule has 0 fully saturated rings. The molecule has 0 aliphatic heterocycles. The Morgan fingerprint density at radius 3 is 2.57 bits per heavy atom. The van der Waals surface area contributed by atoms with Gasteiger partial charge < -0.3 is 10.6 Å².